The summed E-state index contributed by atoms with van der Waals surface area (Å²) < 4.78 is 0.300. The number of thiol groups is 3. The van der Waals surface area contributed by atoms with Gasteiger partial charge < -0.3 is 0 Å². The maximum atomic E-state index is 4.28. The summed E-state index contributed by atoms with van der Waals surface area (Å²) in [6, 6.07) is 0. The molecule has 0 aliphatic rings. The van der Waals surface area contributed by atoms with Crippen LogP contribution in [0.2, 0.25) is 0 Å². The molecule has 15 heavy (non-hydrogen) atoms. The number of rotatable bonds is 10. The Balaban J connectivity index is 4.16. The minimum atomic E-state index is 0.300. The van der Waals surface area contributed by atoms with Crippen molar-refractivity contribution in [3.8, 4) is 0 Å². The average molecular weight is 321 g/mol. The monoisotopic (exact) mass is 320 g/mol. The quantitative estimate of drug-likeness (QED) is 0.411. The van der Waals surface area contributed by atoms with Crippen LogP contribution in [0.5, 0.6) is 0 Å². The molecule has 0 fully saturated rings. The van der Waals surface area contributed by atoms with Gasteiger partial charge in [0, 0.05) is 17.3 Å². The van der Waals surface area contributed by atoms with Gasteiger partial charge in [-0.2, -0.15) is 37.9 Å². The molecule has 0 aliphatic carbocycles. The van der Waals surface area contributed by atoms with Gasteiger partial charge in [0.1, 0.15) is 3.41 Å². The molecule has 0 heterocycles. The molecular weight excluding hydrogens is 301 g/mol. The molecule has 0 radical (unpaired) electrons. The molecule has 0 unspecified atom stereocenters. The first-order valence-electron chi connectivity index (χ1n) is 4.99. The highest BCUT2D eigenvalue weighted by atomic mass is 32.3. The minimum absolute atomic E-state index is 0.300. The van der Waals surface area contributed by atoms with E-state index >= 15 is 0 Å². The third kappa shape index (κ3) is 7.92. The van der Waals surface area contributed by atoms with Gasteiger partial charge in [0.2, 0.25) is 0 Å². The molecule has 0 saturated heterocycles. The van der Waals surface area contributed by atoms with E-state index in [1.165, 1.54) is 6.42 Å². The topological polar surface area (TPSA) is 0 Å². The maximum Gasteiger partial charge on any atom is 0.106 e. The Labute approximate surface area is 123 Å². The average Bonchev–Trinajstić information content (AvgIpc) is 2.29. The summed E-state index contributed by atoms with van der Waals surface area (Å²) in [5.74, 6) is 6.22. The van der Waals surface area contributed by atoms with Crippen molar-refractivity contribution < 1.29 is 0 Å². The smallest absolute Gasteiger partial charge is 0.106 e. The van der Waals surface area contributed by atoms with Crippen molar-refractivity contribution >= 4 is 73.2 Å². The van der Waals surface area contributed by atoms with Gasteiger partial charge in [0.05, 0.1) is 0 Å². The normalized spacial score (nSPS) is 12.0. The molecule has 0 saturated carbocycles. The molecule has 6 heteroatoms. The van der Waals surface area contributed by atoms with Crippen molar-refractivity contribution in [2.24, 2.45) is 0 Å². The fourth-order valence-electron chi connectivity index (χ4n) is 1.03. The molecule has 0 aromatic rings. The van der Waals surface area contributed by atoms with Crippen LogP contribution in [0.1, 0.15) is 13.3 Å². The first-order valence-corrected chi connectivity index (χ1v) is 9.84. The second-order valence-electron chi connectivity index (χ2n) is 2.75. The van der Waals surface area contributed by atoms with Gasteiger partial charge in [-0.1, -0.05) is 6.92 Å². The van der Waals surface area contributed by atoms with Crippen molar-refractivity contribution in [2.45, 2.75) is 16.8 Å². The lowest BCUT2D eigenvalue weighted by Gasteiger charge is -2.30. The van der Waals surface area contributed by atoms with Gasteiger partial charge in [0.15, 0.2) is 0 Å². The lowest BCUT2D eigenvalue weighted by Crippen LogP contribution is -2.17. The summed E-state index contributed by atoms with van der Waals surface area (Å²) in [5.41, 5.74) is 0. The standard InChI is InChI=1S/C9H20S6/c1-2-9(13-6-3-10,14-7-4-11)15-8-5-12/h10-12H,2-8H2,1H3. The van der Waals surface area contributed by atoms with Gasteiger partial charge in [-0.25, -0.2) is 0 Å². The van der Waals surface area contributed by atoms with Crippen molar-refractivity contribution in [3.63, 3.8) is 0 Å². The van der Waals surface area contributed by atoms with Crippen molar-refractivity contribution in [2.75, 3.05) is 34.5 Å². The van der Waals surface area contributed by atoms with Crippen LogP contribution in [0.3, 0.4) is 0 Å². The molecule has 0 aromatic heterocycles. The first-order chi connectivity index (χ1) is 7.24. The molecule has 0 N–H and O–H groups in total. The fourth-order valence-corrected chi connectivity index (χ4v) is 6.18. The van der Waals surface area contributed by atoms with Crippen LogP contribution in [0.4, 0.5) is 0 Å². The Morgan fingerprint density at radius 3 is 1.33 bits per heavy atom. The lowest BCUT2D eigenvalue weighted by molar-refractivity contribution is 1.00. The van der Waals surface area contributed by atoms with Crippen LogP contribution in [-0.4, -0.2) is 37.9 Å². The molecule has 92 valence electrons. The molecule has 0 aromatic carbocycles. The largest absolute Gasteiger partial charge is 0.179 e. The molecule has 0 aliphatic heterocycles. The molecule has 0 rings (SSSR count). The van der Waals surface area contributed by atoms with Gasteiger partial charge in [-0.15, -0.1) is 35.3 Å². The van der Waals surface area contributed by atoms with Gasteiger partial charge in [-0.05, 0) is 23.7 Å². The van der Waals surface area contributed by atoms with Gasteiger partial charge >= 0.3 is 0 Å². The van der Waals surface area contributed by atoms with E-state index < -0.39 is 0 Å². The zero-order chi connectivity index (χ0) is 11.6. The molecular formula is C9H20S6. The van der Waals surface area contributed by atoms with E-state index in [4.69, 9.17) is 0 Å². The van der Waals surface area contributed by atoms with Crippen molar-refractivity contribution in [1.29, 1.82) is 0 Å². The zero-order valence-corrected chi connectivity index (χ0v) is 14.1. The fraction of sp³-hybridized carbons (Fsp3) is 1.00. The SMILES string of the molecule is CCC(SCCS)(SCCS)SCCS. The van der Waals surface area contributed by atoms with E-state index in [9.17, 15) is 0 Å². The second kappa shape index (κ2) is 11.2. The number of thioether (sulfide) groups is 3. The van der Waals surface area contributed by atoms with E-state index in [1.807, 2.05) is 35.3 Å². The Morgan fingerprint density at radius 1 is 0.800 bits per heavy atom. The Hall–Kier alpha value is 2.10. The summed E-state index contributed by atoms with van der Waals surface area (Å²) in [4.78, 5) is 0. The van der Waals surface area contributed by atoms with Gasteiger partial charge in [0.25, 0.3) is 0 Å². The summed E-state index contributed by atoms with van der Waals surface area (Å²) in [6.45, 7) is 2.27. The zero-order valence-electron chi connectivity index (χ0n) is 9.02. The molecule has 0 bridgehead atoms. The Bertz CT molecular complexity index is 119. The van der Waals surface area contributed by atoms with Gasteiger partial charge in [-0.3, -0.25) is 0 Å². The first kappa shape index (κ1) is 17.1. The van der Waals surface area contributed by atoms with Crippen LogP contribution in [-0.2, 0) is 0 Å². The highest BCUT2D eigenvalue weighted by Crippen LogP contribution is 2.49. The molecule has 0 nitrogen and oxygen atoms in total. The lowest BCUT2D eigenvalue weighted by atomic mass is 10.6. The highest BCUT2D eigenvalue weighted by Gasteiger charge is 2.28. The molecule has 0 atom stereocenters. The van der Waals surface area contributed by atoms with E-state index in [-0.39, 0.29) is 0 Å². The van der Waals surface area contributed by atoms with E-state index in [2.05, 4.69) is 44.8 Å². The van der Waals surface area contributed by atoms with E-state index in [1.54, 1.807) is 0 Å². The predicted octanol–water partition coefficient (Wildman–Crippen LogP) is 4.04. The van der Waals surface area contributed by atoms with Crippen LogP contribution >= 0.6 is 73.2 Å². The van der Waals surface area contributed by atoms with Crippen LogP contribution in [0.15, 0.2) is 0 Å². The van der Waals surface area contributed by atoms with Crippen LogP contribution in [0, 0.1) is 0 Å². The van der Waals surface area contributed by atoms with E-state index in [0.29, 0.717) is 3.41 Å². The number of hydrogen-bond acceptors (Lipinski definition) is 6. The Morgan fingerprint density at radius 2 is 1.13 bits per heavy atom. The van der Waals surface area contributed by atoms with Crippen LogP contribution in [0.25, 0.3) is 0 Å². The summed E-state index contributed by atoms with van der Waals surface area (Å²) in [5, 5.41) is 0. The summed E-state index contributed by atoms with van der Waals surface area (Å²) in [6.07, 6.45) is 1.18. The van der Waals surface area contributed by atoms with Crippen molar-refractivity contribution in [1.82, 2.24) is 0 Å². The van der Waals surface area contributed by atoms with Crippen LogP contribution < -0.4 is 0 Å². The predicted molar refractivity (Wildman–Crippen MR) is 92.0 cm³/mol. The number of hydrogen-bond donors (Lipinski definition) is 3. The third-order valence-corrected chi connectivity index (χ3v) is 8.78. The molecule has 0 spiro atoms. The third-order valence-electron chi connectivity index (χ3n) is 1.67. The maximum absolute atomic E-state index is 4.28. The summed E-state index contributed by atoms with van der Waals surface area (Å²) in [7, 11) is 0. The van der Waals surface area contributed by atoms with E-state index in [0.717, 1.165) is 34.5 Å². The second-order valence-corrected chi connectivity index (χ2v) is 9.05. The summed E-state index contributed by atoms with van der Waals surface area (Å²) >= 11 is 18.9. The minimum Gasteiger partial charge on any atom is -0.179 e. The van der Waals surface area contributed by atoms with Crippen molar-refractivity contribution in [3.05, 3.63) is 0 Å². The molecule has 0 amide bonds. The Kier molecular flexibility index (Phi) is 12.8. The highest BCUT2D eigenvalue weighted by molar-refractivity contribution is 8.34.